The van der Waals surface area contributed by atoms with Crippen LogP contribution >= 0.6 is 11.3 Å². The van der Waals surface area contributed by atoms with Gasteiger partial charge in [0.2, 0.25) is 5.13 Å². The number of nitrogens with one attached hydrogen (secondary N) is 1. The van der Waals surface area contributed by atoms with E-state index >= 15 is 0 Å². The van der Waals surface area contributed by atoms with Crippen LogP contribution in [0.4, 0.5) is 5.13 Å². The third-order valence-corrected chi connectivity index (χ3v) is 4.23. The first-order chi connectivity index (χ1) is 6.70. The second kappa shape index (κ2) is 3.85. The van der Waals surface area contributed by atoms with Crippen molar-refractivity contribution in [1.29, 1.82) is 0 Å². The molecule has 0 spiro atoms. The summed E-state index contributed by atoms with van der Waals surface area (Å²) in [5, 5.41) is 13.8. The Kier molecular flexibility index (Phi) is 2.72. The molecule has 0 aliphatic heterocycles. The van der Waals surface area contributed by atoms with Crippen LogP contribution in [0.2, 0.25) is 0 Å². The highest BCUT2D eigenvalue weighted by molar-refractivity contribution is 7.15. The van der Waals surface area contributed by atoms with Crippen molar-refractivity contribution in [3.8, 4) is 0 Å². The van der Waals surface area contributed by atoms with Crippen molar-refractivity contribution in [3.63, 3.8) is 0 Å². The van der Waals surface area contributed by atoms with Crippen LogP contribution in [0.25, 0.3) is 0 Å². The van der Waals surface area contributed by atoms with Gasteiger partial charge < -0.3 is 5.32 Å². The van der Waals surface area contributed by atoms with Gasteiger partial charge in [-0.1, -0.05) is 32.1 Å². The van der Waals surface area contributed by atoms with Crippen LogP contribution in [-0.4, -0.2) is 16.2 Å². The van der Waals surface area contributed by atoms with Crippen LogP contribution in [0, 0.1) is 11.8 Å². The Morgan fingerprint density at radius 3 is 2.71 bits per heavy atom. The monoisotopic (exact) mass is 211 g/mol. The molecule has 1 saturated carbocycles. The van der Waals surface area contributed by atoms with Crippen LogP contribution < -0.4 is 5.32 Å². The normalized spacial score (nSPS) is 31.2. The molecule has 1 N–H and O–H groups in total. The van der Waals surface area contributed by atoms with E-state index in [2.05, 4.69) is 36.3 Å². The Labute approximate surface area is 88.9 Å². The molecule has 1 aromatic heterocycles. The van der Waals surface area contributed by atoms with Gasteiger partial charge in [0.25, 0.3) is 0 Å². The summed E-state index contributed by atoms with van der Waals surface area (Å²) in [7, 11) is 0. The molecule has 3 nitrogen and oxygen atoms in total. The molecule has 4 heteroatoms. The standard InChI is InChI=1S/C10H17N3S/c1-4-9-12-13-10(14-9)11-8-5-6(2)7(8)3/h6-8H,4-5H2,1-3H3,(H,11,13). The maximum absolute atomic E-state index is 4.13. The summed E-state index contributed by atoms with van der Waals surface area (Å²) in [5.41, 5.74) is 0. The van der Waals surface area contributed by atoms with Gasteiger partial charge in [-0.2, -0.15) is 0 Å². The zero-order chi connectivity index (χ0) is 10.1. The summed E-state index contributed by atoms with van der Waals surface area (Å²) in [5.74, 6) is 1.62. The lowest BCUT2D eigenvalue weighted by molar-refractivity contribution is 0.189. The van der Waals surface area contributed by atoms with E-state index in [-0.39, 0.29) is 0 Å². The first-order valence-electron chi connectivity index (χ1n) is 5.29. The predicted molar refractivity (Wildman–Crippen MR) is 59.6 cm³/mol. The number of rotatable bonds is 3. The van der Waals surface area contributed by atoms with Crippen molar-refractivity contribution in [3.05, 3.63) is 5.01 Å². The molecular weight excluding hydrogens is 194 g/mol. The van der Waals surface area contributed by atoms with Crippen molar-refractivity contribution in [1.82, 2.24) is 10.2 Å². The zero-order valence-electron chi connectivity index (χ0n) is 8.95. The van der Waals surface area contributed by atoms with E-state index in [0.717, 1.165) is 28.4 Å². The van der Waals surface area contributed by atoms with Crippen LogP contribution in [0.15, 0.2) is 0 Å². The SMILES string of the molecule is CCc1nnc(NC2CC(C)C2C)s1. The summed E-state index contributed by atoms with van der Waals surface area (Å²) in [6.45, 7) is 6.71. The third kappa shape index (κ3) is 1.75. The molecule has 1 aliphatic rings. The molecule has 0 aromatic carbocycles. The molecule has 1 aromatic rings. The van der Waals surface area contributed by atoms with Crippen LogP contribution in [0.5, 0.6) is 0 Å². The minimum atomic E-state index is 0.614. The van der Waals surface area contributed by atoms with Gasteiger partial charge in [-0.25, -0.2) is 0 Å². The lowest BCUT2D eigenvalue weighted by atomic mass is 9.72. The van der Waals surface area contributed by atoms with E-state index in [4.69, 9.17) is 0 Å². The second-order valence-corrected chi connectivity index (χ2v) is 5.24. The van der Waals surface area contributed by atoms with Crippen molar-refractivity contribution in [2.75, 3.05) is 5.32 Å². The Balaban J connectivity index is 1.92. The number of aryl methyl sites for hydroxylation is 1. The molecule has 0 amide bonds. The van der Waals surface area contributed by atoms with E-state index in [1.54, 1.807) is 11.3 Å². The molecular formula is C10H17N3S. The molecule has 1 aliphatic carbocycles. The quantitative estimate of drug-likeness (QED) is 0.835. The topological polar surface area (TPSA) is 37.8 Å². The summed E-state index contributed by atoms with van der Waals surface area (Å²) in [6.07, 6.45) is 2.25. The lowest BCUT2D eigenvalue weighted by Crippen LogP contribution is -2.43. The highest BCUT2D eigenvalue weighted by Gasteiger charge is 2.34. The molecule has 2 rings (SSSR count). The maximum atomic E-state index is 4.13. The minimum absolute atomic E-state index is 0.614. The number of aromatic nitrogens is 2. The summed E-state index contributed by atoms with van der Waals surface area (Å²) in [4.78, 5) is 0. The molecule has 0 bridgehead atoms. The van der Waals surface area contributed by atoms with Crippen LogP contribution in [0.1, 0.15) is 32.2 Å². The highest BCUT2D eigenvalue weighted by Crippen LogP contribution is 2.36. The van der Waals surface area contributed by atoms with Gasteiger partial charge in [0.1, 0.15) is 5.01 Å². The number of anilines is 1. The lowest BCUT2D eigenvalue weighted by Gasteiger charge is -2.40. The van der Waals surface area contributed by atoms with E-state index in [0.29, 0.717) is 6.04 Å². The van der Waals surface area contributed by atoms with Crippen LogP contribution in [0.3, 0.4) is 0 Å². The average Bonchev–Trinajstić information content (AvgIpc) is 2.65. The largest absolute Gasteiger partial charge is 0.357 e. The molecule has 14 heavy (non-hydrogen) atoms. The van der Waals surface area contributed by atoms with E-state index in [1.807, 2.05) is 0 Å². The fourth-order valence-electron chi connectivity index (χ4n) is 1.83. The maximum Gasteiger partial charge on any atom is 0.205 e. The molecule has 0 saturated heterocycles. The first kappa shape index (κ1) is 9.90. The molecule has 3 atom stereocenters. The van der Waals surface area contributed by atoms with Crippen molar-refractivity contribution >= 4 is 16.5 Å². The van der Waals surface area contributed by atoms with Crippen molar-refractivity contribution < 1.29 is 0 Å². The number of hydrogen-bond donors (Lipinski definition) is 1. The summed E-state index contributed by atoms with van der Waals surface area (Å²) < 4.78 is 0. The Morgan fingerprint density at radius 2 is 2.21 bits per heavy atom. The summed E-state index contributed by atoms with van der Waals surface area (Å²) in [6, 6.07) is 0.614. The first-order valence-corrected chi connectivity index (χ1v) is 6.11. The van der Waals surface area contributed by atoms with Gasteiger partial charge in [-0.3, -0.25) is 0 Å². The Morgan fingerprint density at radius 1 is 1.43 bits per heavy atom. The van der Waals surface area contributed by atoms with Crippen LogP contribution in [-0.2, 0) is 6.42 Å². The molecule has 1 heterocycles. The fraction of sp³-hybridized carbons (Fsp3) is 0.800. The fourth-order valence-corrected chi connectivity index (χ4v) is 2.58. The van der Waals surface area contributed by atoms with E-state index in [9.17, 15) is 0 Å². The number of nitrogens with zero attached hydrogens (tertiary/aromatic N) is 2. The van der Waals surface area contributed by atoms with Crippen molar-refractivity contribution in [2.24, 2.45) is 11.8 Å². The Hall–Kier alpha value is -0.640. The van der Waals surface area contributed by atoms with Gasteiger partial charge in [0.05, 0.1) is 0 Å². The third-order valence-electron chi connectivity index (χ3n) is 3.24. The minimum Gasteiger partial charge on any atom is -0.357 e. The Bertz CT molecular complexity index is 310. The van der Waals surface area contributed by atoms with Gasteiger partial charge in [-0.05, 0) is 24.7 Å². The van der Waals surface area contributed by atoms with Gasteiger partial charge >= 0.3 is 0 Å². The summed E-state index contributed by atoms with van der Waals surface area (Å²) >= 11 is 1.68. The number of hydrogen-bond acceptors (Lipinski definition) is 4. The second-order valence-electron chi connectivity index (χ2n) is 4.18. The van der Waals surface area contributed by atoms with Crippen molar-refractivity contribution in [2.45, 2.75) is 39.7 Å². The predicted octanol–water partition coefficient (Wildman–Crippen LogP) is 2.56. The molecule has 0 radical (unpaired) electrons. The van der Waals surface area contributed by atoms with Gasteiger partial charge in [0.15, 0.2) is 0 Å². The van der Waals surface area contributed by atoms with E-state index < -0.39 is 0 Å². The average molecular weight is 211 g/mol. The molecule has 1 fully saturated rings. The van der Waals surface area contributed by atoms with E-state index in [1.165, 1.54) is 6.42 Å². The zero-order valence-corrected chi connectivity index (χ0v) is 9.77. The smallest absolute Gasteiger partial charge is 0.205 e. The molecule has 78 valence electrons. The highest BCUT2D eigenvalue weighted by atomic mass is 32.1. The molecule has 3 unspecified atom stereocenters. The van der Waals surface area contributed by atoms with Gasteiger partial charge in [-0.15, -0.1) is 10.2 Å². The van der Waals surface area contributed by atoms with Gasteiger partial charge in [0, 0.05) is 6.04 Å².